The van der Waals surface area contributed by atoms with Gasteiger partial charge in [-0.2, -0.15) is 18.2 Å². The monoisotopic (exact) mass is 440 g/mol. The lowest BCUT2D eigenvalue weighted by atomic mass is 9.96. The molecule has 2 heterocycles. The van der Waals surface area contributed by atoms with E-state index < -0.39 is 24.7 Å². The van der Waals surface area contributed by atoms with Crippen molar-refractivity contribution in [2.45, 2.75) is 52.3 Å². The van der Waals surface area contributed by atoms with Gasteiger partial charge in [-0.05, 0) is 38.7 Å². The lowest BCUT2D eigenvalue weighted by Crippen LogP contribution is -2.40. The highest BCUT2D eigenvalue weighted by atomic mass is 19.4. The van der Waals surface area contributed by atoms with Gasteiger partial charge < -0.3 is 14.5 Å². The Kier molecular flexibility index (Phi) is 7.80. The van der Waals surface area contributed by atoms with Crippen LogP contribution in [0.2, 0.25) is 0 Å². The minimum Gasteiger partial charge on any atom is -0.378 e. The molecule has 3 rings (SSSR count). The summed E-state index contributed by atoms with van der Waals surface area (Å²) in [6.45, 7) is 7.00. The van der Waals surface area contributed by atoms with Crippen molar-refractivity contribution in [1.82, 2.24) is 9.55 Å². The zero-order chi connectivity index (χ0) is 22.4. The van der Waals surface area contributed by atoms with E-state index >= 15 is 0 Å². The quantitative estimate of drug-likeness (QED) is 0.614. The summed E-state index contributed by atoms with van der Waals surface area (Å²) in [4.78, 5) is 21.4. The normalized spacial score (nSPS) is 17.4. The first-order valence-electron chi connectivity index (χ1n) is 10.9. The first-order valence-corrected chi connectivity index (χ1v) is 10.9. The third-order valence-electron chi connectivity index (χ3n) is 5.80. The Labute approximate surface area is 181 Å². The van der Waals surface area contributed by atoms with E-state index in [1.54, 1.807) is 0 Å². The van der Waals surface area contributed by atoms with E-state index in [2.05, 4.69) is 24.1 Å². The zero-order valence-corrected chi connectivity index (χ0v) is 18.2. The maximum Gasteiger partial charge on any atom is 0.390 e. The Morgan fingerprint density at radius 3 is 2.65 bits per heavy atom. The molecule has 31 heavy (non-hydrogen) atoms. The number of allylic oxidation sites excluding steroid dienone is 3. The molecule has 6 nitrogen and oxygen atoms in total. The number of hydrogen-bond donors (Lipinski definition) is 0. The highest BCUT2D eigenvalue weighted by molar-refractivity contribution is 5.45. The lowest BCUT2D eigenvalue weighted by Gasteiger charge is -2.31. The minimum atomic E-state index is -4.34. The van der Waals surface area contributed by atoms with Crippen LogP contribution in [-0.4, -0.2) is 55.1 Å². The van der Waals surface area contributed by atoms with Gasteiger partial charge in [0.15, 0.2) is 0 Å². The molecule has 1 fully saturated rings. The van der Waals surface area contributed by atoms with Crippen molar-refractivity contribution >= 4 is 11.8 Å². The number of anilines is 2. The first-order chi connectivity index (χ1) is 14.8. The second-order valence-corrected chi connectivity index (χ2v) is 7.95. The van der Waals surface area contributed by atoms with E-state index in [1.807, 2.05) is 16.7 Å². The van der Waals surface area contributed by atoms with Gasteiger partial charge in [-0.3, -0.25) is 9.36 Å². The van der Waals surface area contributed by atoms with E-state index in [4.69, 9.17) is 4.74 Å². The molecule has 1 saturated heterocycles. The molecular weight excluding hydrogens is 409 g/mol. The van der Waals surface area contributed by atoms with Crippen LogP contribution in [-0.2, 0) is 11.3 Å². The Morgan fingerprint density at radius 1 is 1.26 bits per heavy atom. The number of halogens is 3. The minimum absolute atomic E-state index is 0.304. The van der Waals surface area contributed by atoms with Gasteiger partial charge in [-0.1, -0.05) is 17.7 Å². The largest absolute Gasteiger partial charge is 0.390 e. The summed E-state index contributed by atoms with van der Waals surface area (Å²) >= 11 is 0. The molecule has 0 radical (unpaired) electrons. The van der Waals surface area contributed by atoms with E-state index in [0.717, 1.165) is 19.3 Å². The van der Waals surface area contributed by atoms with Gasteiger partial charge in [0.05, 0.1) is 19.6 Å². The number of ether oxygens (including phenoxy) is 1. The summed E-state index contributed by atoms with van der Waals surface area (Å²) in [5, 5.41) is 0. The Bertz CT molecular complexity index is 870. The molecule has 1 aromatic rings. The third-order valence-corrected chi connectivity index (χ3v) is 5.80. The summed E-state index contributed by atoms with van der Waals surface area (Å²) in [6.07, 6.45) is 1.68. The third kappa shape index (κ3) is 6.35. The van der Waals surface area contributed by atoms with E-state index in [1.165, 1.54) is 21.8 Å². The van der Waals surface area contributed by atoms with Crippen molar-refractivity contribution in [2.75, 3.05) is 49.2 Å². The Morgan fingerprint density at radius 2 is 2.00 bits per heavy atom. The lowest BCUT2D eigenvalue weighted by molar-refractivity contribution is -0.136. The zero-order valence-electron chi connectivity index (χ0n) is 18.2. The second-order valence-electron chi connectivity index (χ2n) is 7.95. The smallest absolute Gasteiger partial charge is 0.378 e. The fourth-order valence-corrected chi connectivity index (χ4v) is 3.91. The molecule has 0 bridgehead atoms. The van der Waals surface area contributed by atoms with Crippen LogP contribution < -0.4 is 15.4 Å². The molecule has 0 spiro atoms. The van der Waals surface area contributed by atoms with Gasteiger partial charge in [0, 0.05) is 38.8 Å². The molecule has 0 unspecified atom stereocenters. The molecule has 0 amide bonds. The number of alkyl halides is 3. The van der Waals surface area contributed by atoms with Crippen molar-refractivity contribution in [3.63, 3.8) is 0 Å². The molecule has 0 atom stereocenters. The Hall–Kier alpha value is -2.29. The number of morpholine rings is 1. The van der Waals surface area contributed by atoms with Crippen LogP contribution >= 0.6 is 0 Å². The summed E-state index contributed by atoms with van der Waals surface area (Å²) in [5.74, 6) is 0.803. The van der Waals surface area contributed by atoms with Gasteiger partial charge >= 0.3 is 6.18 Å². The van der Waals surface area contributed by atoms with Gasteiger partial charge in [-0.25, -0.2) is 0 Å². The molecule has 0 aromatic carbocycles. The molecule has 2 aliphatic rings. The van der Waals surface area contributed by atoms with Crippen molar-refractivity contribution in [2.24, 2.45) is 0 Å². The second kappa shape index (κ2) is 10.3. The molecule has 9 heteroatoms. The van der Waals surface area contributed by atoms with E-state index in [0.29, 0.717) is 51.2 Å². The molecule has 1 aliphatic heterocycles. The van der Waals surface area contributed by atoms with Crippen LogP contribution in [0.15, 0.2) is 34.2 Å². The molecule has 0 N–H and O–H groups in total. The van der Waals surface area contributed by atoms with Crippen molar-refractivity contribution < 1.29 is 17.9 Å². The van der Waals surface area contributed by atoms with Crippen molar-refractivity contribution in [1.29, 1.82) is 0 Å². The standard InChI is InChI=1S/C22H31F3N4O2/c1-3-27(10-8-18-7-5-4-6-17(18)2)21-26-19(28-12-14-31-15-13-28)16-20(30)29(21)11-9-22(23,24)25/h5,7,16H,3-4,6,8-15H2,1-2H3. The first kappa shape index (κ1) is 23.4. The van der Waals surface area contributed by atoms with Crippen molar-refractivity contribution in [3.05, 3.63) is 39.7 Å². The molecular formula is C22H31F3N4O2. The highest BCUT2D eigenvalue weighted by Gasteiger charge is 2.28. The maximum atomic E-state index is 12.9. The van der Waals surface area contributed by atoms with Crippen molar-refractivity contribution in [3.8, 4) is 0 Å². The summed E-state index contributed by atoms with van der Waals surface area (Å²) < 4.78 is 45.3. The maximum absolute atomic E-state index is 12.9. The topological polar surface area (TPSA) is 50.6 Å². The fourth-order valence-electron chi connectivity index (χ4n) is 3.91. The van der Waals surface area contributed by atoms with Crippen LogP contribution in [0, 0.1) is 0 Å². The highest BCUT2D eigenvalue weighted by Crippen LogP contribution is 2.25. The molecule has 1 aliphatic carbocycles. The van der Waals surface area contributed by atoms with Crippen LogP contribution in [0.5, 0.6) is 0 Å². The van der Waals surface area contributed by atoms with Gasteiger partial charge in [-0.15, -0.1) is 0 Å². The summed E-state index contributed by atoms with van der Waals surface area (Å²) in [6, 6.07) is 1.34. The van der Waals surface area contributed by atoms with Crippen LogP contribution in [0.1, 0.15) is 39.5 Å². The molecule has 0 saturated carbocycles. The SMILES string of the molecule is CCN(CCC1=C(C)CCC=C1)c1nc(N2CCOCC2)cc(=O)n1CCC(F)(F)F. The average molecular weight is 441 g/mol. The van der Waals surface area contributed by atoms with Crippen LogP contribution in [0.25, 0.3) is 0 Å². The number of nitrogens with zero attached hydrogens (tertiary/aromatic N) is 4. The number of hydrogen-bond acceptors (Lipinski definition) is 5. The molecule has 172 valence electrons. The van der Waals surface area contributed by atoms with Gasteiger partial charge in [0.25, 0.3) is 5.56 Å². The average Bonchev–Trinajstić information content (AvgIpc) is 2.74. The fraction of sp³-hybridized carbons (Fsp3) is 0.636. The van der Waals surface area contributed by atoms with Gasteiger partial charge in [0.1, 0.15) is 5.82 Å². The van der Waals surface area contributed by atoms with Gasteiger partial charge in [0.2, 0.25) is 5.95 Å². The van der Waals surface area contributed by atoms with Crippen LogP contribution in [0.4, 0.5) is 24.9 Å². The predicted molar refractivity (Wildman–Crippen MR) is 116 cm³/mol. The number of aromatic nitrogens is 2. The summed E-state index contributed by atoms with van der Waals surface area (Å²) in [7, 11) is 0. The number of rotatable bonds is 8. The molecule has 1 aromatic heterocycles. The Balaban J connectivity index is 1.91. The summed E-state index contributed by atoms with van der Waals surface area (Å²) in [5.41, 5.74) is 2.13. The van der Waals surface area contributed by atoms with E-state index in [-0.39, 0.29) is 0 Å². The van der Waals surface area contributed by atoms with Crippen LogP contribution in [0.3, 0.4) is 0 Å². The van der Waals surface area contributed by atoms with E-state index in [9.17, 15) is 18.0 Å². The predicted octanol–water partition coefficient (Wildman–Crippen LogP) is 3.92.